The van der Waals surface area contributed by atoms with Gasteiger partial charge in [-0.25, -0.2) is 4.68 Å². The van der Waals surface area contributed by atoms with E-state index in [2.05, 4.69) is 20.2 Å². The number of hydrogen-bond donors (Lipinski definition) is 0. The topological polar surface area (TPSA) is 74.1 Å². The molecule has 0 amide bonds. The van der Waals surface area contributed by atoms with Crippen LogP contribution in [0.2, 0.25) is 0 Å². The van der Waals surface area contributed by atoms with E-state index in [4.69, 9.17) is 21.4 Å². The van der Waals surface area contributed by atoms with Crippen molar-refractivity contribution >= 4 is 12.2 Å². The Kier molecular flexibility index (Phi) is 4.20. The number of aromatic nitrogens is 5. The predicted molar refractivity (Wildman–Crippen MR) is 88.1 cm³/mol. The van der Waals surface area contributed by atoms with Crippen LogP contribution in [0.4, 0.5) is 0 Å². The van der Waals surface area contributed by atoms with Crippen LogP contribution in [-0.2, 0) is 11.4 Å². The van der Waals surface area contributed by atoms with Crippen molar-refractivity contribution in [2.75, 3.05) is 26.3 Å². The summed E-state index contributed by atoms with van der Waals surface area (Å²) in [5.41, 5.74) is 1.42. The number of hydrogen-bond acceptors (Lipinski definition) is 7. The van der Waals surface area contributed by atoms with Gasteiger partial charge >= 0.3 is 0 Å². The van der Waals surface area contributed by atoms with Gasteiger partial charge in [0.25, 0.3) is 10.7 Å². The zero-order valence-corrected chi connectivity index (χ0v) is 13.7. The lowest BCUT2D eigenvalue weighted by Crippen LogP contribution is -2.37. The lowest BCUT2D eigenvalue weighted by molar-refractivity contribution is 0.0206. The fourth-order valence-electron chi connectivity index (χ4n) is 2.48. The second kappa shape index (κ2) is 6.63. The van der Waals surface area contributed by atoms with Crippen molar-refractivity contribution in [2.24, 2.45) is 0 Å². The number of para-hydroxylation sites is 1. The SMILES string of the molecule is S=c1oc(-c2cnn(-c3ccccc3)n2)nn1CN1CCOCC1. The van der Waals surface area contributed by atoms with Crippen LogP contribution < -0.4 is 0 Å². The molecule has 1 saturated heterocycles. The molecule has 9 heteroatoms. The molecule has 4 rings (SSSR count). The van der Waals surface area contributed by atoms with Gasteiger partial charge in [0.15, 0.2) is 5.69 Å². The summed E-state index contributed by atoms with van der Waals surface area (Å²) < 4.78 is 12.6. The van der Waals surface area contributed by atoms with Gasteiger partial charge in [-0.05, 0) is 24.4 Å². The first-order valence-electron chi connectivity index (χ1n) is 7.66. The molecule has 1 aromatic carbocycles. The minimum absolute atomic E-state index is 0.325. The van der Waals surface area contributed by atoms with Gasteiger partial charge in [-0.2, -0.15) is 9.90 Å². The van der Waals surface area contributed by atoms with Crippen LogP contribution in [0.25, 0.3) is 17.3 Å². The monoisotopic (exact) mass is 344 g/mol. The van der Waals surface area contributed by atoms with E-state index in [0.717, 1.165) is 32.0 Å². The Bertz CT molecular complexity index is 865. The third-order valence-corrected chi connectivity index (χ3v) is 4.04. The maximum atomic E-state index is 5.58. The highest BCUT2D eigenvalue weighted by Gasteiger charge is 2.16. The third-order valence-electron chi connectivity index (χ3n) is 3.74. The van der Waals surface area contributed by atoms with Crippen LogP contribution in [-0.4, -0.2) is 56.0 Å². The Morgan fingerprint density at radius 2 is 1.88 bits per heavy atom. The highest BCUT2D eigenvalue weighted by atomic mass is 32.1. The number of rotatable bonds is 4. The first-order chi connectivity index (χ1) is 11.8. The standard InChI is InChI=1S/C15H16N6O2S/c24-15-20(11-19-6-8-22-9-7-19)18-14(23-15)13-10-16-21(17-13)12-4-2-1-3-5-12/h1-5,10H,6-9,11H2. The number of benzene rings is 1. The van der Waals surface area contributed by atoms with Crippen molar-refractivity contribution in [3.05, 3.63) is 41.4 Å². The lowest BCUT2D eigenvalue weighted by Gasteiger charge is -2.25. The largest absolute Gasteiger partial charge is 0.407 e. The zero-order chi connectivity index (χ0) is 16.4. The molecule has 0 N–H and O–H groups in total. The van der Waals surface area contributed by atoms with Gasteiger partial charge < -0.3 is 9.15 Å². The number of ether oxygens (including phenoxy) is 1. The Labute approximate surface area is 143 Å². The van der Waals surface area contributed by atoms with Gasteiger partial charge in [-0.1, -0.05) is 18.2 Å². The molecule has 3 aromatic rings. The van der Waals surface area contributed by atoms with Crippen LogP contribution in [0.3, 0.4) is 0 Å². The van der Waals surface area contributed by atoms with Gasteiger partial charge in [0, 0.05) is 13.1 Å². The lowest BCUT2D eigenvalue weighted by atomic mass is 10.3. The molecule has 0 spiro atoms. The average molecular weight is 344 g/mol. The van der Waals surface area contributed by atoms with Crippen LogP contribution in [0.1, 0.15) is 0 Å². The van der Waals surface area contributed by atoms with Crippen LogP contribution in [0.5, 0.6) is 0 Å². The van der Waals surface area contributed by atoms with Crippen molar-refractivity contribution in [3.63, 3.8) is 0 Å². The van der Waals surface area contributed by atoms with E-state index in [1.165, 1.54) is 4.80 Å². The highest BCUT2D eigenvalue weighted by Crippen LogP contribution is 2.16. The third kappa shape index (κ3) is 3.14. The Morgan fingerprint density at radius 3 is 2.67 bits per heavy atom. The van der Waals surface area contributed by atoms with Gasteiger partial charge in [0.1, 0.15) is 0 Å². The smallest absolute Gasteiger partial charge is 0.288 e. The maximum absolute atomic E-state index is 5.58. The molecule has 1 aliphatic rings. The van der Waals surface area contributed by atoms with Gasteiger partial charge in [-0.15, -0.1) is 10.2 Å². The number of nitrogens with zero attached hydrogens (tertiary/aromatic N) is 6. The summed E-state index contributed by atoms with van der Waals surface area (Å²) >= 11 is 5.26. The van der Waals surface area contributed by atoms with Crippen LogP contribution in [0.15, 0.2) is 40.9 Å². The minimum atomic E-state index is 0.325. The molecule has 2 aromatic heterocycles. The van der Waals surface area contributed by atoms with E-state index in [0.29, 0.717) is 23.1 Å². The second-order valence-corrected chi connectivity index (χ2v) is 5.75. The molecule has 8 nitrogen and oxygen atoms in total. The summed E-state index contributed by atoms with van der Waals surface area (Å²) in [5, 5.41) is 13.1. The summed E-state index contributed by atoms with van der Waals surface area (Å²) in [7, 11) is 0. The summed E-state index contributed by atoms with van der Waals surface area (Å²) in [6.07, 6.45) is 1.62. The fraction of sp³-hybridized carbons (Fsp3) is 0.333. The molecule has 0 saturated carbocycles. The summed E-state index contributed by atoms with van der Waals surface area (Å²) in [6, 6.07) is 9.66. The van der Waals surface area contributed by atoms with E-state index in [9.17, 15) is 0 Å². The summed E-state index contributed by atoms with van der Waals surface area (Å²) in [5.74, 6) is 0.371. The van der Waals surface area contributed by atoms with E-state index in [1.807, 2.05) is 30.3 Å². The molecule has 0 unspecified atom stereocenters. The Balaban J connectivity index is 1.56. The van der Waals surface area contributed by atoms with E-state index in [1.54, 1.807) is 10.9 Å². The molecule has 1 aliphatic heterocycles. The molecular weight excluding hydrogens is 328 g/mol. The van der Waals surface area contributed by atoms with E-state index in [-0.39, 0.29) is 0 Å². The fourth-order valence-corrected chi connectivity index (χ4v) is 2.66. The molecule has 0 bridgehead atoms. The number of morpholine rings is 1. The van der Waals surface area contributed by atoms with Crippen molar-refractivity contribution in [1.29, 1.82) is 0 Å². The molecular formula is C15H16N6O2S. The quantitative estimate of drug-likeness (QED) is 0.667. The van der Waals surface area contributed by atoms with E-state index < -0.39 is 0 Å². The zero-order valence-electron chi connectivity index (χ0n) is 12.9. The molecule has 0 radical (unpaired) electrons. The highest BCUT2D eigenvalue weighted by molar-refractivity contribution is 7.71. The van der Waals surface area contributed by atoms with Gasteiger partial charge in [0.05, 0.1) is 31.8 Å². The molecule has 124 valence electrons. The molecule has 0 atom stereocenters. The minimum Gasteiger partial charge on any atom is -0.407 e. The normalized spacial score (nSPS) is 15.7. The van der Waals surface area contributed by atoms with Crippen molar-refractivity contribution < 1.29 is 9.15 Å². The van der Waals surface area contributed by atoms with Crippen LogP contribution in [0, 0.1) is 4.84 Å². The van der Waals surface area contributed by atoms with Crippen LogP contribution >= 0.6 is 12.2 Å². The Morgan fingerprint density at radius 1 is 1.08 bits per heavy atom. The molecule has 24 heavy (non-hydrogen) atoms. The summed E-state index contributed by atoms with van der Waals surface area (Å²) in [6.45, 7) is 3.74. The molecule has 1 fully saturated rings. The van der Waals surface area contributed by atoms with Crippen molar-refractivity contribution in [2.45, 2.75) is 6.67 Å². The predicted octanol–water partition coefficient (Wildman–Crippen LogP) is 1.74. The first kappa shape index (κ1) is 15.2. The molecule has 3 heterocycles. The second-order valence-electron chi connectivity index (χ2n) is 5.40. The Hall–Kier alpha value is -2.36. The van der Waals surface area contributed by atoms with E-state index >= 15 is 0 Å². The average Bonchev–Trinajstić information content (AvgIpc) is 3.24. The first-order valence-corrected chi connectivity index (χ1v) is 8.06. The maximum Gasteiger partial charge on any atom is 0.288 e. The van der Waals surface area contributed by atoms with Gasteiger partial charge in [-0.3, -0.25) is 4.90 Å². The van der Waals surface area contributed by atoms with Gasteiger partial charge in [0.2, 0.25) is 0 Å². The summed E-state index contributed by atoms with van der Waals surface area (Å²) in [4.78, 5) is 4.08. The van der Waals surface area contributed by atoms with Crippen molar-refractivity contribution in [3.8, 4) is 17.3 Å². The molecule has 0 aliphatic carbocycles. The van der Waals surface area contributed by atoms with Crippen molar-refractivity contribution in [1.82, 2.24) is 29.7 Å².